The molecule has 0 amide bonds. The van der Waals surface area contributed by atoms with E-state index in [4.69, 9.17) is 16.7 Å². The van der Waals surface area contributed by atoms with E-state index in [0.29, 0.717) is 18.4 Å². The topological polar surface area (TPSA) is 20.2 Å². The van der Waals surface area contributed by atoms with Gasteiger partial charge in [0, 0.05) is 5.88 Å². The van der Waals surface area contributed by atoms with Crippen molar-refractivity contribution < 1.29 is 13.9 Å². The summed E-state index contributed by atoms with van der Waals surface area (Å²) < 4.78 is 25.2. The van der Waals surface area contributed by atoms with Gasteiger partial charge in [0.25, 0.3) is 0 Å². The van der Waals surface area contributed by atoms with E-state index < -0.39 is 17.7 Å². The minimum absolute atomic E-state index is 0.156. The average molecular weight is 221 g/mol. The molecule has 0 radical (unpaired) electrons. The summed E-state index contributed by atoms with van der Waals surface area (Å²) in [5.41, 5.74) is 0.660. The Hall–Kier alpha value is -0.670. The van der Waals surface area contributed by atoms with Crippen LogP contribution in [0.1, 0.15) is 12.0 Å². The number of aryl methyl sites for hydroxylation is 1. The molecule has 1 N–H and O–H groups in total. The quantitative estimate of drug-likeness (QED) is 0.773. The van der Waals surface area contributed by atoms with Crippen molar-refractivity contribution in [2.45, 2.75) is 18.9 Å². The summed E-state index contributed by atoms with van der Waals surface area (Å²) in [4.78, 5) is 0. The van der Waals surface area contributed by atoms with Gasteiger partial charge in [0.2, 0.25) is 0 Å². The van der Waals surface area contributed by atoms with Crippen LogP contribution in [0.15, 0.2) is 18.2 Å². The van der Waals surface area contributed by atoms with Gasteiger partial charge < -0.3 is 5.11 Å². The fourth-order valence-corrected chi connectivity index (χ4v) is 1.26. The second-order valence-corrected chi connectivity index (χ2v) is 3.40. The first-order valence-electron chi connectivity index (χ1n) is 4.31. The van der Waals surface area contributed by atoms with Crippen molar-refractivity contribution in [3.63, 3.8) is 0 Å². The van der Waals surface area contributed by atoms with Crippen molar-refractivity contribution in [1.29, 1.82) is 0 Å². The number of aliphatic hydroxyl groups is 1. The lowest BCUT2D eigenvalue weighted by Gasteiger charge is -2.06. The fraction of sp³-hybridized carbons (Fsp3) is 0.400. The number of halogens is 3. The van der Waals surface area contributed by atoms with E-state index in [9.17, 15) is 8.78 Å². The molecule has 1 aromatic carbocycles. The summed E-state index contributed by atoms with van der Waals surface area (Å²) in [5, 5.41) is 9.14. The SMILES string of the molecule is O[C@@H](CCl)CCc1ccc(F)c(F)c1. The smallest absolute Gasteiger partial charge is 0.159 e. The highest BCUT2D eigenvalue weighted by molar-refractivity contribution is 6.18. The minimum atomic E-state index is -0.858. The lowest BCUT2D eigenvalue weighted by Crippen LogP contribution is -2.09. The number of aliphatic hydroxyl groups excluding tert-OH is 1. The van der Waals surface area contributed by atoms with Gasteiger partial charge in [0.1, 0.15) is 0 Å². The Morgan fingerprint density at radius 3 is 2.57 bits per heavy atom. The average Bonchev–Trinajstić information content (AvgIpc) is 2.19. The molecule has 0 saturated heterocycles. The Morgan fingerprint density at radius 1 is 1.29 bits per heavy atom. The third kappa shape index (κ3) is 3.24. The van der Waals surface area contributed by atoms with Crippen LogP contribution in [0.4, 0.5) is 8.78 Å². The van der Waals surface area contributed by atoms with Crippen molar-refractivity contribution in [3.05, 3.63) is 35.4 Å². The van der Waals surface area contributed by atoms with E-state index in [1.807, 2.05) is 0 Å². The van der Waals surface area contributed by atoms with Gasteiger partial charge >= 0.3 is 0 Å². The summed E-state index contributed by atoms with van der Waals surface area (Å²) in [5.74, 6) is -1.56. The first-order chi connectivity index (χ1) is 6.63. The van der Waals surface area contributed by atoms with Gasteiger partial charge in [-0.15, -0.1) is 11.6 Å². The molecule has 1 nitrogen and oxygen atoms in total. The summed E-state index contributed by atoms with van der Waals surface area (Å²) in [6.07, 6.45) is 0.351. The monoisotopic (exact) mass is 220 g/mol. The van der Waals surface area contributed by atoms with Crippen LogP contribution in [0.25, 0.3) is 0 Å². The maximum absolute atomic E-state index is 12.7. The van der Waals surface area contributed by atoms with Crippen LogP contribution < -0.4 is 0 Å². The standard InChI is InChI=1S/C10H11ClF2O/c11-6-8(14)3-1-7-2-4-9(12)10(13)5-7/h2,4-5,8,14H,1,3,6H2/t8-/m1/s1. The maximum Gasteiger partial charge on any atom is 0.159 e. The van der Waals surface area contributed by atoms with E-state index in [1.165, 1.54) is 6.07 Å². The van der Waals surface area contributed by atoms with Crippen LogP contribution in [0.5, 0.6) is 0 Å². The maximum atomic E-state index is 12.7. The van der Waals surface area contributed by atoms with Crippen molar-refractivity contribution in [2.24, 2.45) is 0 Å². The van der Waals surface area contributed by atoms with Gasteiger partial charge in [-0.2, -0.15) is 0 Å². The molecule has 4 heteroatoms. The minimum Gasteiger partial charge on any atom is -0.392 e. The van der Waals surface area contributed by atoms with Gasteiger partial charge in [-0.3, -0.25) is 0 Å². The van der Waals surface area contributed by atoms with E-state index in [-0.39, 0.29) is 5.88 Å². The zero-order valence-electron chi connectivity index (χ0n) is 7.51. The molecule has 0 heterocycles. The summed E-state index contributed by atoms with van der Waals surface area (Å²) in [6.45, 7) is 0. The molecule has 0 bridgehead atoms. The first kappa shape index (κ1) is 11.4. The number of alkyl halides is 1. The molecule has 0 saturated carbocycles. The lowest BCUT2D eigenvalue weighted by atomic mass is 10.1. The molecule has 0 aromatic heterocycles. The van der Waals surface area contributed by atoms with Crippen LogP contribution in [0.3, 0.4) is 0 Å². The summed E-state index contributed by atoms with van der Waals surface area (Å²) in [7, 11) is 0. The van der Waals surface area contributed by atoms with E-state index in [0.717, 1.165) is 12.1 Å². The fourth-order valence-electron chi connectivity index (χ4n) is 1.11. The molecule has 0 spiro atoms. The van der Waals surface area contributed by atoms with Crippen LogP contribution in [-0.2, 0) is 6.42 Å². The number of rotatable bonds is 4. The van der Waals surface area contributed by atoms with Crippen LogP contribution >= 0.6 is 11.6 Å². The van der Waals surface area contributed by atoms with Crippen LogP contribution in [0, 0.1) is 11.6 Å². The molecular weight excluding hydrogens is 210 g/mol. The molecule has 0 aliphatic heterocycles. The number of hydrogen-bond donors (Lipinski definition) is 1. The van der Waals surface area contributed by atoms with Gasteiger partial charge in [0.15, 0.2) is 11.6 Å². The molecular formula is C10H11ClF2O. The largest absolute Gasteiger partial charge is 0.392 e. The second-order valence-electron chi connectivity index (χ2n) is 3.10. The predicted octanol–water partition coefficient (Wildman–Crippen LogP) is 2.50. The third-order valence-electron chi connectivity index (χ3n) is 1.93. The van der Waals surface area contributed by atoms with Gasteiger partial charge in [-0.05, 0) is 30.5 Å². The molecule has 0 aliphatic carbocycles. The predicted molar refractivity (Wildman–Crippen MR) is 51.4 cm³/mol. The lowest BCUT2D eigenvalue weighted by molar-refractivity contribution is 0.188. The Kier molecular flexibility index (Phi) is 4.29. The molecule has 1 atom stereocenters. The van der Waals surface area contributed by atoms with Crippen LogP contribution in [-0.4, -0.2) is 17.1 Å². The van der Waals surface area contributed by atoms with E-state index in [1.54, 1.807) is 0 Å². The highest BCUT2D eigenvalue weighted by Crippen LogP contribution is 2.11. The normalized spacial score (nSPS) is 12.9. The van der Waals surface area contributed by atoms with Crippen LogP contribution in [0.2, 0.25) is 0 Å². The highest BCUT2D eigenvalue weighted by atomic mass is 35.5. The molecule has 0 unspecified atom stereocenters. The first-order valence-corrected chi connectivity index (χ1v) is 4.85. The molecule has 1 aromatic rings. The van der Waals surface area contributed by atoms with Crippen molar-refractivity contribution >= 4 is 11.6 Å². The summed E-state index contributed by atoms with van der Waals surface area (Å²) >= 11 is 5.39. The van der Waals surface area contributed by atoms with Gasteiger partial charge in [-0.25, -0.2) is 8.78 Å². The van der Waals surface area contributed by atoms with E-state index in [2.05, 4.69) is 0 Å². The molecule has 1 rings (SSSR count). The van der Waals surface area contributed by atoms with Crippen molar-refractivity contribution in [3.8, 4) is 0 Å². The molecule has 0 aliphatic rings. The van der Waals surface area contributed by atoms with Gasteiger partial charge in [0.05, 0.1) is 6.10 Å². The highest BCUT2D eigenvalue weighted by Gasteiger charge is 2.05. The summed E-state index contributed by atoms with van der Waals surface area (Å²) in [6, 6.07) is 3.72. The van der Waals surface area contributed by atoms with Crippen molar-refractivity contribution in [2.75, 3.05) is 5.88 Å². The number of hydrogen-bond acceptors (Lipinski definition) is 1. The second kappa shape index (κ2) is 5.27. The van der Waals surface area contributed by atoms with Crippen molar-refractivity contribution in [1.82, 2.24) is 0 Å². The molecule has 0 fully saturated rings. The Balaban J connectivity index is 2.55. The third-order valence-corrected chi connectivity index (χ3v) is 2.28. The van der Waals surface area contributed by atoms with Gasteiger partial charge in [-0.1, -0.05) is 6.07 Å². The number of benzene rings is 1. The van der Waals surface area contributed by atoms with E-state index >= 15 is 0 Å². The zero-order chi connectivity index (χ0) is 10.6. The zero-order valence-corrected chi connectivity index (χ0v) is 8.27. The molecule has 14 heavy (non-hydrogen) atoms. The Bertz CT molecular complexity index is 304. The molecule has 78 valence electrons. The Morgan fingerprint density at radius 2 is 2.00 bits per heavy atom. The Labute approximate surface area is 86.3 Å².